The van der Waals surface area contributed by atoms with Crippen LogP contribution in [0.2, 0.25) is 0 Å². The van der Waals surface area contributed by atoms with E-state index in [4.69, 9.17) is 19.7 Å². The van der Waals surface area contributed by atoms with Gasteiger partial charge in [-0.05, 0) is 31.7 Å². The smallest absolute Gasteiger partial charge is 0.150 e. The maximum Gasteiger partial charge on any atom is 0.150 e. The number of rotatable bonds is 5. The molecule has 0 spiro atoms. The molecule has 7 nitrogen and oxygen atoms in total. The Morgan fingerprint density at radius 1 is 1.16 bits per heavy atom. The van der Waals surface area contributed by atoms with Crippen LogP contribution >= 0.6 is 11.3 Å². The van der Waals surface area contributed by atoms with Gasteiger partial charge in [0.15, 0.2) is 0 Å². The predicted molar refractivity (Wildman–Crippen MR) is 130 cm³/mol. The monoisotopic (exact) mass is 455 g/mol. The van der Waals surface area contributed by atoms with Crippen molar-refractivity contribution in [2.75, 3.05) is 44.2 Å². The molecule has 1 N–H and O–H groups in total. The Kier molecular flexibility index (Phi) is 5.82. The van der Waals surface area contributed by atoms with Crippen LogP contribution in [-0.4, -0.2) is 69.9 Å². The van der Waals surface area contributed by atoms with Gasteiger partial charge < -0.3 is 14.7 Å². The molecule has 0 amide bonds. The molecule has 0 aliphatic carbocycles. The first-order chi connectivity index (χ1) is 15.4. The van der Waals surface area contributed by atoms with Gasteiger partial charge in [-0.15, -0.1) is 11.3 Å². The molecule has 0 aromatic carbocycles. The zero-order chi connectivity index (χ0) is 22.5. The van der Waals surface area contributed by atoms with Crippen LogP contribution in [-0.2, 0) is 24.2 Å². The number of pyridine rings is 1. The lowest BCUT2D eigenvalue weighted by Gasteiger charge is -2.35. The quantitative estimate of drug-likeness (QED) is 0.632. The van der Waals surface area contributed by atoms with Crippen LogP contribution in [0.4, 0.5) is 5.82 Å². The number of β-amino-alcohol motifs (C(OH)–C–C–N with tert-alkyl or cyclic N) is 1. The third-order valence-electron chi connectivity index (χ3n) is 6.58. The molecule has 1 fully saturated rings. The molecule has 5 heterocycles. The van der Waals surface area contributed by atoms with Crippen LogP contribution in [0.3, 0.4) is 0 Å². The lowest BCUT2D eigenvalue weighted by atomic mass is 9.88. The molecule has 3 aromatic rings. The van der Waals surface area contributed by atoms with Gasteiger partial charge in [0, 0.05) is 55.8 Å². The van der Waals surface area contributed by atoms with Gasteiger partial charge in [0.05, 0.1) is 29.0 Å². The molecule has 2 aliphatic rings. The largest absolute Gasteiger partial charge is 0.395 e. The van der Waals surface area contributed by atoms with E-state index in [1.54, 1.807) is 17.7 Å². The summed E-state index contributed by atoms with van der Waals surface area (Å²) in [7, 11) is 0. The van der Waals surface area contributed by atoms with Crippen molar-refractivity contribution >= 4 is 37.6 Å². The minimum atomic E-state index is -0.191. The summed E-state index contributed by atoms with van der Waals surface area (Å²) in [6, 6.07) is 0. The van der Waals surface area contributed by atoms with E-state index in [1.165, 1.54) is 22.2 Å². The second-order valence-corrected chi connectivity index (χ2v) is 11.0. The molecule has 8 heteroatoms. The van der Waals surface area contributed by atoms with E-state index in [0.29, 0.717) is 12.5 Å². The number of hydrogen-bond donors (Lipinski definition) is 1. The molecule has 0 unspecified atom stereocenters. The minimum Gasteiger partial charge on any atom is -0.395 e. The Balaban J connectivity index is 1.63. The van der Waals surface area contributed by atoms with Gasteiger partial charge in [-0.3, -0.25) is 4.90 Å². The van der Waals surface area contributed by atoms with Crippen LogP contribution in [0.25, 0.3) is 20.4 Å². The number of thiophene rings is 1. The first-order valence-corrected chi connectivity index (χ1v) is 12.5. The Labute approximate surface area is 193 Å². The first-order valence-electron chi connectivity index (χ1n) is 11.7. The van der Waals surface area contributed by atoms with Gasteiger partial charge in [0.1, 0.15) is 17.0 Å². The van der Waals surface area contributed by atoms with E-state index in [2.05, 4.69) is 37.5 Å². The van der Waals surface area contributed by atoms with Gasteiger partial charge in [0.2, 0.25) is 0 Å². The van der Waals surface area contributed by atoms with Gasteiger partial charge in [0.25, 0.3) is 0 Å². The zero-order valence-corrected chi connectivity index (χ0v) is 20.3. The number of aromatic nitrogens is 3. The maximum absolute atomic E-state index is 9.24. The number of anilines is 1. The fraction of sp³-hybridized carbons (Fsp3) is 0.625. The van der Waals surface area contributed by atoms with Crippen LogP contribution in [0.5, 0.6) is 0 Å². The molecule has 1 saturated heterocycles. The molecule has 32 heavy (non-hydrogen) atoms. The standard InChI is InChI=1S/C24H33N5O2S/c1-15(2)11-18-17-13-31-24(3,4)12-16(17)19-20-21(32-23(19)27-18)22(26-14-25-20)29-7-5-28(6-8-29)9-10-30/h14-15,30H,5-13H2,1-4H3. The van der Waals surface area contributed by atoms with Gasteiger partial charge in [-0.1, -0.05) is 13.8 Å². The number of piperazine rings is 1. The third kappa shape index (κ3) is 3.98. The highest BCUT2D eigenvalue weighted by Gasteiger charge is 2.32. The van der Waals surface area contributed by atoms with Crippen molar-refractivity contribution in [2.24, 2.45) is 5.92 Å². The molecular formula is C24H33N5O2S. The molecule has 172 valence electrons. The Hall–Kier alpha value is -1.87. The van der Waals surface area contributed by atoms with Gasteiger partial charge in [-0.25, -0.2) is 15.0 Å². The summed E-state index contributed by atoms with van der Waals surface area (Å²) in [6.07, 6.45) is 3.54. The number of hydrogen-bond acceptors (Lipinski definition) is 8. The highest BCUT2D eigenvalue weighted by atomic mass is 32.1. The van der Waals surface area contributed by atoms with E-state index in [0.717, 1.165) is 66.4 Å². The normalized spacial score (nSPS) is 19.2. The molecule has 3 aromatic heterocycles. The van der Waals surface area contributed by atoms with Gasteiger partial charge in [-0.2, -0.15) is 0 Å². The maximum atomic E-state index is 9.24. The average Bonchev–Trinajstić information content (AvgIpc) is 3.12. The molecule has 2 aliphatic heterocycles. The zero-order valence-electron chi connectivity index (χ0n) is 19.5. The van der Waals surface area contributed by atoms with Crippen molar-refractivity contribution in [3.05, 3.63) is 23.1 Å². The number of fused-ring (bicyclic) bond motifs is 5. The van der Waals surface area contributed by atoms with Crippen LogP contribution in [0.1, 0.15) is 44.5 Å². The third-order valence-corrected chi connectivity index (χ3v) is 7.65. The molecule has 0 atom stereocenters. The van der Waals surface area contributed by atoms with Crippen molar-refractivity contribution in [3.8, 4) is 0 Å². The van der Waals surface area contributed by atoms with Crippen molar-refractivity contribution in [1.29, 1.82) is 0 Å². The Morgan fingerprint density at radius 3 is 2.66 bits per heavy atom. The summed E-state index contributed by atoms with van der Waals surface area (Å²) in [6.45, 7) is 14.1. The highest BCUT2D eigenvalue weighted by Crippen LogP contribution is 2.43. The molecule has 0 radical (unpaired) electrons. The highest BCUT2D eigenvalue weighted by molar-refractivity contribution is 7.26. The first kappa shape index (κ1) is 21.9. The summed E-state index contributed by atoms with van der Waals surface area (Å²) in [4.78, 5) is 20.4. The summed E-state index contributed by atoms with van der Waals surface area (Å²) in [5, 5.41) is 10.4. The van der Waals surface area contributed by atoms with Crippen molar-refractivity contribution < 1.29 is 9.84 Å². The van der Waals surface area contributed by atoms with Crippen molar-refractivity contribution in [1.82, 2.24) is 19.9 Å². The van der Waals surface area contributed by atoms with Gasteiger partial charge >= 0.3 is 0 Å². The summed E-state index contributed by atoms with van der Waals surface area (Å²) in [5.41, 5.74) is 4.65. The molecule has 0 bridgehead atoms. The predicted octanol–water partition coefficient (Wildman–Crippen LogP) is 3.40. The lowest BCUT2D eigenvalue weighted by molar-refractivity contribution is -0.0402. The van der Waals surface area contributed by atoms with E-state index in [-0.39, 0.29) is 12.2 Å². The number of ether oxygens (including phenoxy) is 1. The van der Waals surface area contributed by atoms with E-state index < -0.39 is 0 Å². The molecular weight excluding hydrogens is 422 g/mol. The second kappa shape index (κ2) is 8.48. The van der Waals surface area contributed by atoms with Crippen molar-refractivity contribution in [3.63, 3.8) is 0 Å². The average molecular weight is 456 g/mol. The SMILES string of the molecule is CC(C)Cc1nc2sc3c(N4CCN(CCO)CC4)ncnc3c2c2c1COC(C)(C)C2. The Bertz CT molecular complexity index is 1130. The number of nitrogens with zero attached hydrogens (tertiary/aromatic N) is 5. The second-order valence-electron chi connectivity index (χ2n) is 10.0. The molecule has 0 saturated carbocycles. The molecule has 5 rings (SSSR count). The van der Waals surface area contributed by atoms with Crippen LogP contribution < -0.4 is 4.90 Å². The fourth-order valence-electron chi connectivity index (χ4n) is 4.97. The van der Waals surface area contributed by atoms with Crippen LogP contribution in [0.15, 0.2) is 6.33 Å². The minimum absolute atomic E-state index is 0.191. The fourth-order valence-corrected chi connectivity index (χ4v) is 6.16. The topological polar surface area (TPSA) is 74.6 Å². The van der Waals surface area contributed by atoms with Crippen molar-refractivity contribution in [2.45, 2.75) is 52.7 Å². The van der Waals surface area contributed by atoms with E-state index in [9.17, 15) is 5.11 Å². The number of aliphatic hydroxyl groups is 1. The summed E-state index contributed by atoms with van der Waals surface area (Å²) in [5.74, 6) is 1.56. The summed E-state index contributed by atoms with van der Waals surface area (Å²) < 4.78 is 7.34. The Morgan fingerprint density at radius 2 is 1.94 bits per heavy atom. The number of aliphatic hydroxyl groups excluding tert-OH is 1. The van der Waals surface area contributed by atoms with E-state index in [1.807, 2.05) is 0 Å². The lowest BCUT2D eigenvalue weighted by Crippen LogP contribution is -2.47. The van der Waals surface area contributed by atoms with Crippen LogP contribution in [0, 0.1) is 5.92 Å². The van der Waals surface area contributed by atoms with E-state index >= 15 is 0 Å². The summed E-state index contributed by atoms with van der Waals surface area (Å²) >= 11 is 1.74.